The first-order valence-corrected chi connectivity index (χ1v) is 10.7. The summed E-state index contributed by atoms with van der Waals surface area (Å²) in [5.74, 6) is -1.14. The number of nitrogens with one attached hydrogen (secondary N) is 1. The Morgan fingerprint density at radius 2 is 1.56 bits per heavy atom. The van der Waals surface area contributed by atoms with Gasteiger partial charge in [-0.05, 0) is 39.8 Å². The van der Waals surface area contributed by atoms with Gasteiger partial charge in [0.2, 0.25) is 0 Å². The van der Waals surface area contributed by atoms with E-state index in [1.807, 2.05) is 66.7 Å². The Labute approximate surface area is 186 Å². The van der Waals surface area contributed by atoms with Crippen LogP contribution in [0.15, 0.2) is 78.4 Å². The summed E-state index contributed by atoms with van der Waals surface area (Å²) in [6.45, 7) is 0.153. The van der Waals surface area contributed by atoms with Crippen molar-refractivity contribution in [1.82, 2.24) is 5.32 Å². The molecule has 0 bridgehead atoms. The summed E-state index contributed by atoms with van der Waals surface area (Å²) in [5, 5.41) is 12.2. The summed E-state index contributed by atoms with van der Waals surface area (Å²) in [6, 6.07) is 23.1. The third kappa shape index (κ3) is 3.78. The van der Waals surface area contributed by atoms with Crippen LogP contribution in [-0.2, 0) is 16.0 Å². The van der Waals surface area contributed by atoms with Crippen molar-refractivity contribution in [3.63, 3.8) is 0 Å². The van der Waals surface area contributed by atoms with Crippen LogP contribution in [0.25, 0.3) is 17.2 Å². The SMILES string of the molecule is O=C(N[C@@H](CC1=Cc2ccccc2C1)C(=O)O)OCC1c2ccccc2-c2ccccc21. The molecule has 0 radical (unpaired) electrons. The minimum absolute atomic E-state index is 0.0662. The van der Waals surface area contributed by atoms with Crippen molar-refractivity contribution in [1.29, 1.82) is 0 Å². The maximum atomic E-state index is 12.5. The molecule has 0 saturated heterocycles. The van der Waals surface area contributed by atoms with E-state index in [1.54, 1.807) is 0 Å². The van der Waals surface area contributed by atoms with Gasteiger partial charge >= 0.3 is 12.1 Å². The number of benzene rings is 3. The van der Waals surface area contributed by atoms with Gasteiger partial charge in [-0.15, -0.1) is 0 Å². The lowest BCUT2D eigenvalue weighted by Crippen LogP contribution is -2.41. The lowest BCUT2D eigenvalue weighted by molar-refractivity contribution is -0.139. The molecule has 3 aromatic carbocycles. The second-order valence-electron chi connectivity index (χ2n) is 8.24. The number of fused-ring (bicyclic) bond motifs is 4. The number of carbonyl (C=O) groups is 2. The molecule has 0 fully saturated rings. The van der Waals surface area contributed by atoms with Crippen LogP contribution in [0.2, 0.25) is 0 Å². The molecule has 5 nitrogen and oxygen atoms in total. The molecule has 5 rings (SSSR count). The van der Waals surface area contributed by atoms with Crippen LogP contribution >= 0.6 is 0 Å². The van der Waals surface area contributed by atoms with Crippen molar-refractivity contribution < 1.29 is 19.4 Å². The molecule has 1 atom stereocenters. The van der Waals surface area contributed by atoms with Gasteiger partial charge in [0.25, 0.3) is 0 Å². The molecule has 0 saturated carbocycles. The molecule has 2 aliphatic rings. The van der Waals surface area contributed by atoms with Crippen LogP contribution in [0, 0.1) is 0 Å². The van der Waals surface area contributed by atoms with Gasteiger partial charge in [-0.25, -0.2) is 9.59 Å². The smallest absolute Gasteiger partial charge is 0.407 e. The van der Waals surface area contributed by atoms with Gasteiger partial charge in [0, 0.05) is 12.3 Å². The number of hydrogen-bond acceptors (Lipinski definition) is 3. The van der Waals surface area contributed by atoms with Gasteiger partial charge in [-0.1, -0.05) is 84.4 Å². The predicted octanol–water partition coefficient (Wildman–Crippen LogP) is 5.01. The van der Waals surface area contributed by atoms with Crippen molar-refractivity contribution in [2.45, 2.75) is 24.8 Å². The third-order valence-electron chi connectivity index (χ3n) is 6.23. The van der Waals surface area contributed by atoms with Crippen LogP contribution in [0.5, 0.6) is 0 Å². The van der Waals surface area contributed by atoms with E-state index in [2.05, 4.69) is 17.4 Å². The van der Waals surface area contributed by atoms with Gasteiger partial charge in [-0.2, -0.15) is 0 Å². The fourth-order valence-electron chi connectivity index (χ4n) is 4.73. The highest BCUT2D eigenvalue weighted by Gasteiger charge is 2.30. The average molecular weight is 425 g/mol. The second-order valence-corrected chi connectivity index (χ2v) is 8.24. The lowest BCUT2D eigenvalue weighted by Gasteiger charge is -2.18. The Hall–Kier alpha value is -3.86. The largest absolute Gasteiger partial charge is 0.480 e. The van der Waals surface area contributed by atoms with Gasteiger partial charge in [0.05, 0.1) is 0 Å². The van der Waals surface area contributed by atoms with E-state index < -0.39 is 18.1 Å². The van der Waals surface area contributed by atoms with Crippen molar-refractivity contribution in [3.05, 3.63) is 101 Å². The van der Waals surface area contributed by atoms with Crippen molar-refractivity contribution in [2.24, 2.45) is 0 Å². The molecule has 0 spiro atoms. The quantitative estimate of drug-likeness (QED) is 0.582. The van der Waals surface area contributed by atoms with E-state index in [0.29, 0.717) is 6.42 Å². The molecule has 0 aliphatic heterocycles. The average Bonchev–Trinajstić information content (AvgIpc) is 3.35. The number of hydrogen-bond donors (Lipinski definition) is 2. The first-order chi connectivity index (χ1) is 15.6. The van der Waals surface area contributed by atoms with E-state index in [1.165, 1.54) is 5.56 Å². The molecule has 1 amide bonds. The first-order valence-electron chi connectivity index (χ1n) is 10.7. The zero-order valence-electron chi connectivity index (χ0n) is 17.5. The van der Waals surface area contributed by atoms with Gasteiger partial charge < -0.3 is 15.2 Å². The Kier molecular flexibility index (Phi) is 5.23. The van der Waals surface area contributed by atoms with Crippen molar-refractivity contribution in [3.8, 4) is 11.1 Å². The maximum Gasteiger partial charge on any atom is 0.407 e. The summed E-state index contributed by atoms with van der Waals surface area (Å²) in [4.78, 5) is 24.3. The normalized spacial score (nSPS) is 14.7. The molecule has 2 N–H and O–H groups in total. The Morgan fingerprint density at radius 3 is 2.22 bits per heavy atom. The van der Waals surface area contributed by atoms with Crippen LogP contribution in [0.1, 0.15) is 34.6 Å². The molecule has 2 aliphatic carbocycles. The monoisotopic (exact) mass is 425 g/mol. The standard InChI is InChI=1S/C27H23NO4/c29-26(30)25(15-17-13-18-7-1-2-8-19(18)14-17)28-27(31)32-16-24-22-11-5-3-9-20(22)21-10-4-6-12-23(21)24/h1-13,24-25H,14-16H2,(H,28,31)(H,29,30)/t25-/m0/s1. The fourth-order valence-corrected chi connectivity index (χ4v) is 4.73. The summed E-state index contributed by atoms with van der Waals surface area (Å²) in [6.07, 6.45) is 2.24. The molecule has 5 heteroatoms. The summed E-state index contributed by atoms with van der Waals surface area (Å²) < 4.78 is 5.51. The van der Waals surface area contributed by atoms with E-state index >= 15 is 0 Å². The Bertz CT molecular complexity index is 1180. The van der Waals surface area contributed by atoms with E-state index in [-0.39, 0.29) is 18.9 Å². The molecule has 3 aromatic rings. The maximum absolute atomic E-state index is 12.5. The number of amides is 1. The number of carboxylic acid groups (broad SMARTS) is 1. The van der Waals surface area contributed by atoms with Gasteiger partial charge in [0.15, 0.2) is 0 Å². The molecule has 32 heavy (non-hydrogen) atoms. The molecule has 160 valence electrons. The summed E-state index contributed by atoms with van der Waals surface area (Å²) in [7, 11) is 0. The van der Waals surface area contributed by atoms with Crippen molar-refractivity contribution in [2.75, 3.05) is 6.61 Å². The Morgan fingerprint density at radius 1 is 0.938 bits per heavy atom. The number of alkyl carbamates (subject to hydrolysis) is 1. The van der Waals surface area contributed by atoms with Crippen LogP contribution in [-0.4, -0.2) is 29.8 Å². The molecular weight excluding hydrogens is 402 g/mol. The molecule has 0 unspecified atom stereocenters. The topological polar surface area (TPSA) is 75.6 Å². The highest BCUT2D eigenvalue weighted by Crippen LogP contribution is 2.44. The first kappa shape index (κ1) is 20.1. The van der Waals surface area contributed by atoms with Gasteiger partial charge in [-0.3, -0.25) is 0 Å². The zero-order valence-corrected chi connectivity index (χ0v) is 17.5. The molecule has 0 heterocycles. The lowest BCUT2D eigenvalue weighted by atomic mass is 9.98. The highest BCUT2D eigenvalue weighted by molar-refractivity contribution is 5.81. The van der Waals surface area contributed by atoms with Gasteiger partial charge in [0.1, 0.15) is 12.6 Å². The Balaban J connectivity index is 1.24. The summed E-state index contributed by atoms with van der Waals surface area (Å²) >= 11 is 0. The number of carboxylic acids is 1. The van der Waals surface area contributed by atoms with Crippen LogP contribution in [0.4, 0.5) is 4.79 Å². The predicted molar refractivity (Wildman–Crippen MR) is 122 cm³/mol. The van der Waals surface area contributed by atoms with E-state index in [4.69, 9.17) is 4.74 Å². The second kappa shape index (κ2) is 8.35. The van der Waals surface area contributed by atoms with Crippen LogP contribution < -0.4 is 5.32 Å². The highest BCUT2D eigenvalue weighted by atomic mass is 16.5. The van der Waals surface area contributed by atoms with Crippen LogP contribution in [0.3, 0.4) is 0 Å². The van der Waals surface area contributed by atoms with Crippen molar-refractivity contribution >= 4 is 18.1 Å². The minimum Gasteiger partial charge on any atom is -0.480 e. The number of ether oxygens (including phenoxy) is 1. The number of carbonyl (C=O) groups excluding carboxylic acids is 1. The number of rotatable bonds is 6. The van der Waals surface area contributed by atoms with E-state index in [9.17, 15) is 14.7 Å². The minimum atomic E-state index is -1.07. The van der Waals surface area contributed by atoms with E-state index in [0.717, 1.165) is 33.4 Å². The third-order valence-corrected chi connectivity index (χ3v) is 6.23. The zero-order chi connectivity index (χ0) is 22.1. The fraction of sp³-hybridized carbons (Fsp3) is 0.185. The summed E-state index contributed by atoms with van der Waals surface area (Å²) in [5.41, 5.74) is 7.79. The molecule has 0 aromatic heterocycles. The number of aliphatic carboxylic acids is 1. The molecular formula is C27H23NO4.